The van der Waals surface area contributed by atoms with Gasteiger partial charge in [-0.2, -0.15) is 5.10 Å². The molecule has 0 saturated heterocycles. The van der Waals surface area contributed by atoms with Gasteiger partial charge in [0.15, 0.2) is 0 Å². The number of aromatic nitrogens is 2. The highest BCUT2D eigenvalue weighted by molar-refractivity contribution is 5.31. The highest BCUT2D eigenvalue weighted by atomic mass is 15.3. The predicted molar refractivity (Wildman–Crippen MR) is 48.8 cm³/mol. The van der Waals surface area contributed by atoms with Gasteiger partial charge in [0, 0.05) is 6.07 Å². The maximum absolute atomic E-state index is 5.81. The van der Waals surface area contributed by atoms with E-state index in [0.717, 1.165) is 17.4 Å². The summed E-state index contributed by atoms with van der Waals surface area (Å²) in [6.07, 6.45) is 2.67. The Morgan fingerprint density at radius 3 is 2.75 bits per heavy atom. The molecule has 1 aromatic rings. The molecule has 0 radical (unpaired) electrons. The third kappa shape index (κ3) is 1.19. The van der Waals surface area contributed by atoms with E-state index < -0.39 is 0 Å². The van der Waals surface area contributed by atoms with E-state index in [-0.39, 0.29) is 0 Å². The van der Waals surface area contributed by atoms with E-state index in [4.69, 9.17) is 5.73 Å². The zero-order valence-corrected chi connectivity index (χ0v) is 7.62. The van der Waals surface area contributed by atoms with E-state index in [1.807, 2.05) is 17.7 Å². The summed E-state index contributed by atoms with van der Waals surface area (Å²) in [5.41, 5.74) is 6.82. The Morgan fingerprint density at radius 1 is 1.67 bits per heavy atom. The predicted octanol–water partition coefficient (Wildman–Crippen LogP) is 1.74. The van der Waals surface area contributed by atoms with Crippen LogP contribution in [-0.4, -0.2) is 9.78 Å². The first-order valence-corrected chi connectivity index (χ1v) is 4.50. The third-order valence-corrected chi connectivity index (χ3v) is 2.58. The normalized spacial score (nSPS) is 19.5. The van der Waals surface area contributed by atoms with Crippen molar-refractivity contribution in [2.75, 3.05) is 5.73 Å². The van der Waals surface area contributed by atoms with Crippen LogP contribution in [-0.2, 0) is 0 Å². The summed E-state index contributed by atoms with van der Waals surface area (Å²) in [6.45, 7) is 4.17. The molecule has 2 N–H and O–H groups in total. The molecule has 0 spiro atoms. The van der Waals surface area contributed by atoms with Crippen LogP contribution >= 0.6 is 0 Å². The van der Waals surface area contributed by atoms with E-state index in [1.165, 1.54) is 12.8 Å². The maximum atomic E-state index is 5.81. The monoisotopic (exact) mass is 165 g/mol. The van der Waals surface area contributed by atoms with Crippen LogP contribution in [0.2, 0.25) is 0 Å². The largest absolute Gasteiger partial charge is 0.384 e. The van der Waals surface area contributed by atoms with Crippen LogP contribution in [0, 0.1) is 12.8 Å². The SMILES string of the molecule is Cc1cc(N)n(C(C)C2CC2)n1. The van der Waals surface area contributed by atoms with Gasteiger partial charge in [-0.3, -0.25) is 0 Å². The Kier molecular flexibility index (Phi) is 1.60. The first-order chi connectivity index (χ1) is 5.68. The Bertz CT molecular complexity index is 286. The van der Waals surface area contributed by atoms with Gasteiger partial charge in [0.2, 0.25) is 0 Å². The number of hydrogen-bond acceptors (Lipinski definition) is 2. The molecule has 1 atom stereocenters. The summed E-state index contributed by atoms with van der Waals surface area (Å²) in [7, 11) is 0. The van der Waals surface area contributed by atoms with Gasteiger partial charge in [-0.05, 0) is 32.6 Å². The quantitative estimate of drug-likeness (QED) is 0.725. The van der Waals surface area contributed by atoms with E-state index >= 15 is 0 Å². The zero-order chi connectivity index (χ0) is 8.72. The van der Waals surface area contributed by atoms with Crippen molar-refractivity contribution >= 4 is 5.82 Å². The van der Waals surface area contributed by atoms with Gasteiger partial charge in [-0.15, -0.1) is 0 Å². The molecule has 1 fully saturated rings. The Labute approximate surface area is 72.6 Å². The van der Waals surface area contributed by atoms with Crippen LogP contribution in [0.1, 0.15) is 31.5 Å². The maximum Gasteiger partial charge on any atom is 0.122 e. The molecule has 2 rings (SSSR count). The second kappa shape index (κ2) is 2.51. The summed E-state index contributed by atoms with van der Waals surface area (Å²) >= 11 is 0. The topological polar surface area (TPSA) is 43.8 Å². The molecule has 1 saturated carbocycles. The summed E-state index contributed by atoms with van der Waals surface area (Å²) in [5.74, 6) is 1.61. The van der Waals surface area contributed by atoms with Crippen molar-refractivity contribution in [1.82, 2.24) is 9.78 Å². The van der Waals surface area contributed by atoms with Crippen molar-refractivity contribution in [3.05, 3.63) is 11.8 Å². The van der Waals surface area contributed by atoms with E-state index in [2.05, 4.69) is 12.0 Å². The van der Waals surface area contributed by atoms with Crippen molar-refractivity contribution in [1.29, 1.82) is 0 Å². The number of rotatable bonds is 2. The molecule has 1 unspecified atom stereocenters. The van der Waals surface area contributed by atoms with Crippen LogP contribution in [0.25, 0.3) is 0 Å². The standard InChI is InChI=1S/C9H15N3/c1-6-5-9(10)12(11-6)7(2)8-3-4-8/h5,7-8H,3-4,10H2,1-2H3. The van der Waals surface area contributed by atoms with Gasteiger partial charge >= 0.3 is 0 Å². The van der Waals surface area contributed by atoms with Gasteiger partial charge in [-0.25, -0.2) is 4.68 Å². The van der Waals surface area contributed by atoms with Crippen LogP contribution in [0.3, 0.4) is 0 Å². The second-order valence-electron chi connectivity index (χ2n) is 3.73. The van der Waals surface area contributed by atoms with Gasteiger partial charge in [-0.1, -0.05) is 0 Å². The lowest BCUT2D eigenvalue weighted by Crippen LogP contribution is -2.11. The van der Waals surface area contributed by atoms with Gasteiger partial charge in [0.1, 0.15) is 5.82 Å². The van der Waals surface area contributed by atoms with Gasteiger partial charge in [0.25, 0.3) is 0 Å². The third-order valence-electron chi connectivity index (χ3n) is 2.58. The van der Waals surface area contributed by atoms with Gasteiger partial charge in [0.05, 0.1) is 11.7 Å². The van der Waals surface area contributed by atoms with Gasteiger partial charge < -0.3 is 5.73 Å². The van der Waals surface area contributed by atoms with Crippen molar-refractivity contribution in [2.24, 2.45) is 5.92 Å². The van der Waals surface area contributed by atoms with E-state index in [1.54, 1.807) is 0 Å². The molecule has 0 aromatic carbocycles. The number of nitrogens with two attached hydrogens (primary N) is 1. The molecular weight excluding hydrogens is 150 g/mol. The van der Waals surface area contributed by atoms with Crippen molar-refractivity contribution < 1.29 is 0 Å². The van der Waals surface area contributed by atoms with Crippen molar-refractivity contribution in [3.8, 4) is 0 Å². The highest BCUT2D eigenvalue weighted by Gasteiger charge is 2.30. The summed E-state index contributed by atoms with van der Waals surface area (Å²) < 4.78 is 1.95. The van der Waals surface area contributed by atoms with Crippen LogP contribution in [0.4, 0.5) is 5.82 Å². The summed E-state index contributed by atoms with van der Waals surface area (Å²) in [5, 5.41) is 4.36. The molecule has 0 aliphatic heterocycles. The molecule has 3 heteroatoms. The number of anilines is 1. The van der Waals surface area contributed by atoms with E-state index in [0.29, 0.717) is 6.04 Å². The zero-order valence-electron chi connectivity index (χ0n) is 7.62. The minimum atomic E-state index is 0.485. The fraction of sp³-hybridized carbons (Fsp3) is 0.667. The Morgan fingerprint density at radius 2 is 2.33 bits per heavy atom. The highest BCUT2D eigenvalue weighted by Crippen LogP contribution is 2.39. The number of nitrogens with zero attached hydrogens (tertiary/aromatic N) is 2. The smallest absolute Gasteiger partial charge is 0.122 e. The molecule has 1 aromatic heterocycles. The second-order valence-corrected chi connectivity index (χ2v) is 3.73. The summed E-state index contributed by atoms with van der Waals surface area (Å²) in [4.78, 5) is 0. The molecule has 1 heterocycles. The molecule has 66 valence electrons. The first-order valence-electron chi connectivity index (χ1n) is 4.50. The minimum absolute atomic E-state index is 0.485. The lowest BCUT2D eigenvalue weighted by atomic mass is 10.2. The Balaban J connectivity index is 2.25. The average molecular weight is 165 g/mol. The van der Waals surface area contributed by atoms with Crippen molar-refractivity contribution in [2.45, 2.75) is 32.7 Å². The first kappa shape index (κ1) is 7.65. The lowest BCUT2D eigenvalue weighted by molar-refractivity contribution is 0.444. The van der Waals surface area contributed by atoms with Crippen molar-refractivity contribution in [3.63, 3.8) is 0 Å². The fourth-order valence-corrected chi connectivity index (χ4v) is 1.64. The fourth-order valence-electron chi connectivity index (χ4n) is 1.64. The molecule has 1 aliphatic rings. The molecule has 0 amide bonds. The lowest BCUT2D eigenvalue weighted by Gasteiger charge is -2.11. The molecular formula is C9H15N3. The number of nitrogen functional groups attached to an aromatic ring is 1. The van der Waals surface area contributed by atoms with Crippen LogP contribution < -0.4 is 5.73 Å². The molecule has 0 bridgehead atoms. The average Bonchev–Trinajstić information content (AvgIpc) is 2.77. The van der Waals surface area contributed by atoms with Crippen LogP contribution in [0.15, 0.2) is 6.07 Å². The van der Waals surface area contributed by atoms with Crippen LogP contribution in [0.5, 0.6) is 0 Å². The molecule has 12 heavy (non-hydrogen) atoms. The number of aryl methyl sites for hydroxylation is 1. The number of hydrogen-bond donors (Lipinski definition) is 1. The molecule has 3 nitrogen and oxygen atoms in total. The summed E-state index contributed by atoms with van der Waals surface area (Å²) in [6, 6.07) is 2.41. The minimum Gasteiger partial charge on any atom is -0.384 e. The Hall–Kier alpha value is -0.990. The molecule has 1 aliphatic carbocycles. The van der Waals surface area contributed by atoms with E-state index in [9.17, 15) is 0 Å².